The Kier molecular flexibility index (Phi) is 4.11. The molecule has 0 saturated carbocycles. The minimum Gasteiger partial charge on any atom is -0.309 e. The van der Waals surface area contributed by atoms with E-state index in [1.54, 1.807) is 6.92 Å². The van der Waals surface area contributed by atoms with Gasteiger partial charge in [0.05, 0.1) is 0 Å². The van der Waals surface area contributed by atoms with Crippen molar-refractivity contribution >= 4 is 0 Å². The smallest absolute Gasteiger partial charge is 0.126 e. The van der Waals surface area contributed by atoms with E-state index in [4.69, 9.17) is 0 Å². The van der Waals surface area contributed by atoms with Gasteiger partial charge in [-0.25, -0.2) is 4.39 Å². The maximum absolute atomic E-state index is 13.1. The summed E-state index contributed by atoms with van der Waals surface area (Å²) in [5.74, 6) is -0.141. The highest BCUT2D eigenvalue weighted by molar-refractivity contribution is 5.24. The first-order valence-corrected chi connectivity index (χ1v) is 6.16. The van der Waals surface area contributed by atoms with Crippen molar-refractivity contribution in [2.75, 3.05) is 0 Å². The summed E-state index contributed by atoms with van der Waals surface area (Å²) in [6, 6.07) is 13.7. The molecule has 0 radical (unpaired) electrons. The van der Waals surface area contributed by atoms with Gasteiger partial charge in [0.1, 0.15) is 5.82 Å². The molecule has 0 spiro atoms. The third kappa shape index (κ3) is 3.41. The van der Waals surface area contributed by atoms with Gasteiger partial charge in [0.2, 0.25) is 0 Å². The molecular weight excluding hydrogens is 225 g/mol. The zero-order valence-corrected chi connectivity index (χ0v) is 10.8. The van der Waals surface area contributed by atoms with Gasteiger partial charge in [-0.1, -0.05) is 42.0 Å². The molecule has 2 heteroatoms. The molecule has 0 aliphatic carbocycles. The third-order valence-electron chi connectivity index (χ3n) is 2.96. The fourth-order valence-electron chi connectivity index (χ4n) is 1.99. The molecule has 2 aromatic carbocycles. The van der Waals surface area contributed by atoms with Gasteiger partial charge >= 0.3 is 0 Å². The molecular formula is C16H18FN. The molecule has 0 bridgehead atoms. The Morgan fingerprint density at radius 1 is 0.944 bits per heavy atom. The molecule has 1 N–H and O–H groups in total. The predicted octanol–water partition coefficient (Wildman–Crippen LogP) is 3.73. The van der Waals surface area contributed by atoms with Crippen LogP contribution in [-0.2, 0) is 13.1 Å². The minimum atomic E-state index is -0.141. The van der Waals surface area contributed by atoms with Crippen molar-refractivity contribution in [2.45, 2.75) is 26.9 Å². The summed E-state index contributed by atoms with van der Waals surface area (Å²) in [5.41, 5.74) is 4.35. The molecule has 0 fully saturated rings. The summed E-state index contributed by atoms with van der Waals surface area (Å²) in [7, 11) is 0. The quantitative estimate of drug-likeness (QED) is 0.862. The van der Waals surface area contributed by atoms with Crippen LogP contribution in [0.5, 0.6) is 0 Å². The maximum atomic E-state index is 13.1. The lowest BCUT2D eigenvalue weighted by Gasteiger charge is -2.07. The lowest BCUT2D eigenvalue weighted by atomic mass is 10.1. The molecule has 0 aromatic heterocycles. The highest BCUT2D eigenvalue weighted by Crippen LogP contribution is 2.09. The molecule has 2 rings (SSSR count). The van der Waals surface area contributed by atoms with E-state index < -0.39 is 0 Å². The molecule has 0 aliphatic heterocycles. The normalized spacial score (nSPS) is 10.6. The van der Waals surface area contributed by atoms with Crippen LogP contribution in [0.2, 0.25) is 0 Å². The average molecular weight is 243 g/mol. The molecule has 0 atom stereocenters. The molecule has 0 aliphatic rings. The summed E-state index contributed by atoms with van der Waals surface area (Å²) in [5, 5.41) is 3.37. The zero-order valence-electron chi connectivity index (χ0n) is 10.8. The molecule has 18 heavy (non-hydrogen) atoms. The van der Waals surface area contributed by atoms with Gasteiger partial charge in [0, 0.05) is 13.1 Å². The number of hydrogen-bond acceptors (Lipinski definition) is 1. The molecule has 1 nitrogen and oxygen atoms in total. The predicted molar refractivity (Wildman–Crippen MR) is 72.9 cm³/mol. The van der Waals surface area contributed by atoms with Crippen molar-refractivity contribution in [3.63, 3.8) is 0 Å². The van der Waals surface area contributed by atoms with Gasteiger partial charge in [-0.2, -0.15) is 0 Å². The van der Waals surface area contributed by atoms with Gasteiger partial charge in [-0.15, -0.1) is 0 Å². The molecule has 94 valence electrons. The SMILES string of the molecule is Cc1cccc(CNCc2ccc(F)c(C)c2)c1. The van der Waals surface area contributed by atoms with Crippen molar-refractivity contribution in [3.05, 3.63) is 70.5 Å². The Labute approximate surface area is 108 Å². The molecule has 0 amide bonds. The van der Waals surface area contributed by atoms with Crippen LogP contribution in [0.4, 0.5) is 4.39 Å². The monoisotopic (exact) mass is 243 g/mol. The van der Waals surface area contributed by atoms with Crippen LogP contribution >= 0.6 is 0 Å². The first kappa shape index (κ1) is 12.8. The van der Waals surface area contributed by atoms with Crippen LogP contribution in [0.15, 0.2) is 42.5 Å². The number of benzene rings is 2. The Hall–Kier alpha value is -1.67. The summed E-state index contributed by atoms with van der Waals surface area (Å²) >= 11 is 0. The van der Waals surface area contributed by atoms with E-state index in [2.05, 4.69) is 36.5 Å². The highest BCUT2D eigenvalue weighted by Gasteiger charge is 1.99. The summed E-state index contributed by atoms with van der Waals surface area (Å²) in [6.07, 6.45) is 0. The van der Waals surface area contributed by atoms with Gasteiger partial charge in [-0.3, -0.25) is 0 Å². The van der Waals surface area contributed by atoms with Gasteiger partial charge < -0.3 is 5.32 Å². The van der Waals surface area contributed by atoms with Crippen molar-refractivity contribution < 1.29 is 4.39 Å². The highest BCUT2D eigenvalue weighted by atomic mass is 19.1. The number of nitrogens with one attached hydrogen (secondary N) is 1. The largest absolute Gasteiger partial charge is 0.309 e. The summed E-state index contributed by atoms with van der Waals surface area (Å²) in [4.78, 5) is 0. The Morgan fingerprint density at radius 3 is 2.33 bits per heavy atom. The van der Waals surface area contributed by atoms with Gasteiger partial charge in [-0.05, 0) is 36.6 Å². The van der Waals surface area contributed by atoms with Crippen molar-refractivity contribution in [1.82, 2.24) is 5.32 Å². The van der Waals surface area contributed by atoms with Crippen molar-refractivity contribution in [1.29, 1.82) is 0 Å². The maximum Gasteiger partial charge on any atom is 0.126 e. The summed E-state index contributed by atoms with van der Waals surface area (Å²) in [6.45, 7) is 5.47. The van der Waals surface area contributed by atoms with Crippen molar-refractivity contribution in [2.24, 2.45) is 0 Å². The Bertz CT molecular complexity index is 534. The topological polar surface area (TPSA) is 12.0 Å². The van der Waals surface area contributed by atoms with E-state index in [-0.39, 0.29) is 5.82 Å². The fraction of sp³-hybridized carbons (Fsp3) is 0.250. The van der Waals surface area contributed by atoms with E-state index in [0.717, 1.165) is 18.7 Å². The van der Waals surface area contributed by atoms with Gasteiger partial charge in [0.25, 0.3) is 0 Å². The van der Waals surface area contributed by atoms with Crippen LogP contribution in [0.25, 0.3) is 0 Å². The van der Waals surface area contributed by atoms with Crippen molar-refractivity contribution in [3.8, 4) is 0 Å². The second-order valence-electron chi connectivity index (χ2n) is 4.68. The first-order chi connectivity index (χ1) is 8.65. The third-order valence-corrected chi connectivity index (χ3v) is 2.96. The number of hydrogen-bond donors (Lipinski definition) is 1. The molecule has 0 heterocycles. The van der Waals surface area contributed by atoms with E-state index in [1.807, 2.05) is 12.1 Å². The number of rotatable bonds is 4. The molecule has 2 aromatic rings. The average Bonchev–Trinajstić information content (AvgIpc) is 2.34. The van der Waals surface area contributed by atoms with E-state index in [1.165, 1.54) is 17.2 Å². The second kappa shape index (κ2) is 5.78. The van der Waals surface area contributed by atoms with E-state index in [0.29, 0.717) is 5.56 Å². The number of halogens is 1. The van der Waals surface area contributed by atoms with Crippen LogP contribution in [0, 0.1) is 19.7 Å². The van der Waals surface area contributed by atoms with Crippen LogP contribution in [0.1, 0.15) is 22.3 Å². The summed E-state index contributed by atoms with van der Waals surface area (Å²) < 4.78 is 13.1. The second-order valence-corrected chi connectivity index (χ2v) is 4.68. The lowest BCUT2D eigenvalue weighted by molar-refractivity contribution is 0.615. The Balaban J connectivity index is 1.90. The van der Waals surface area contributed by atoms with E-state index >= 15 is 0 Å². The van der Waals surface area contributed by atoms with Crippen LogP contribution in [-0.4, -0.2) is 0 Å². The van der Waals surface area contributed by atoms with Crippen LogP contribution < -0.4 is 5.32 Å². The van der Waals surface area contributed by atoms with Gasteiger partial charge in [0.15, 0.2) is 0 Å². The zero-order chi connectivity index (χ0) is 13.0. The minimum absolute atomic E-state index is 0.141. The molecule has 0 saturated heterocycles. The Morgan fingerprint density at radius 2 is 1.67 bits per heavy atom. The first-order valence-electron chi connectivity index (χ1n) is 6.16. The molecule has 0 unspecified atom stereocenters. The standard InChI is InChI=1S/C16H18FN/c1-12-4-3-5-14(8-12)10-18-11-15-6-7-16(17)13(2)9-15/h3-9,18H,10-11H2,1-2H3. The van der Waals surface area contributed by atoms with Crippen LogP contribution in [0.3, 0.4) is 0 Å². The van der Waals surface area contributed by atoms with E-state index in [9.17, 15) is 4.39 Å². The fourth-order valence-corrected chi connectivity index (χ4v) is 1.99. The number of aryl methyl sites for hydroxylation is 2. The lowest BCUT2D eigenvalue weighted by Crippen LogP contribution is -2.12.